The SMILES string of the molecule is CN(C1=NC(=O)/C(=C/c2ccc3c(cnn3Cc3ccc(Cl)cc3C(F)(F)F)c2)S1)[C@H]1CCN(CC(N)=O)CC1F. The summed E-state index contributed by atoms with van der Waals surface area (Å²) in [7, 11) is 1.69. The Morgan fingerprint density at radius 1 is 1.27 bits per heavy atom. The maximum absolute atomic E-state index is 14.9. The first-order valence-electron chi connectivity index (χ1n) is 12.6. The fraction of sp³-hybridized carbons (Fsp3) is 0.333. The first kappa shape index (κ1) is 29.1. The van der Waals surface area contributed by atoms with E-state index in [-0.39, 0.29) is 30.2 Å². The number of thioether (sulfide) groups is 1. The average molecular weight is 609 g/mol. The number of aliphatic imine (C=N–C) groups is 1. The predicted molar refractivity (Wildman–Crippen MR) is 150 cm³/mol. The number of carbonyl (C=O) groups excluding carboxylic acids is 2. The third kappa shape index (κ3) is 6.41. The molecule has 0 saturated carbocycles. The van der Waals surface area contributed by atoms with Gasteiger partial charge in [-0.1, -0.05) is 23.7 Å². The number of aromatic nitrogens is 2. The number of piperidine rings is 1. The molecule has 2 aliphatic rings. The monoisotopic (exact) mass is 608 g/mol. The lowest BCUT2D eigenvalue weighted by Gasteiger charge is -2.39. The van der Waals surface area contributed by atoms with Crippen LogP contribution in [0.15, 0.2) is 52.5 Å². The molecule has 2 atom stereocenters. The highest BCUT2D eigenvalue weighted by atomic mass is 35.5. The molecule has 0 radical (unpaired) electrons. The highest BCUT2D eigenvalue weighted by Crippen LogP contribution is 2.35. The average Bonchev–Trinajstić information content (AvgIpc) is 3.46. The Balaban J connectivity index is 1.29. The molecule has 14 heteroatoms. The molecular formula is C27H25ClF4N6O2S. The van der Waals surface area contributed by atoms with E-state index in [2.05, 4.69) is 10.1 Å². The van der Waals surface area contributed by atoms with Gasteiger partial charge in [-0.15, -0.1) is 0 Å². The van der Waals surface area contributed by atoms with Crippen LogP contribution in [-0.2, 0) is 22.3 Å². The standard InChI is InChI=1S/C27H25ClF4N6O2S/c1-36(22-6-7-37(13-20(22)29)14-24(33)39)26-35-25(40)23(41-26)9-15-2-5-21-17(8-15)11-34-38(21)12-16-3-4-18(28)10-19(16)27(30,31)32/h2-5,8-11,20,22H,6-7,12-14H2,1H3,(H2,33,39)/b23-9-/t20?,22-/m0/s1. The van der Waals surface area contributed by atoms with Crippen molar-refractivity contribution in [3.05, 3.63) is 69.2 Å². The van der Waals surface area contributed by atoms with Gasteiger partial charge in [-0.3, -0.25) is 19.2 Å². The van der Waals surface area contributed by atoms with Crippen LogP contribution in [0.3, 0.4) is 0 Å². The number of primary amides is 1. The van der Waals surface area contributed by atoms with Crippen molar-refractivity contribution in [2.24, 2.45) is 10.7 Å². The van der Waals surface area contributed by atoms with Crippen LogP contribution in [0.2, 0.25) is 5.02 Å². The third-order valence-electron chi connectivity index (χ3n) is 7.04. The molecule has 2 aromatic carbocycles. The third-order valence-corrected chi connectivity index (χ3v) is 8.35. The summed E-state index contributed by atoms with van der Waals surface area (Å²) in [5.41, 5.74) is 5.74. The van der Waals surface area contributed by atoms with Crippen LogP contribution < -0.4 is 5.73 Å². The van der Waals surface area contributed by atoms with E-state index in [1.54, 1.807) is 47.3 Å². The number of hydrogen-bond donors (Lipinski definition) is 1. The van der Waals surface area contributed by atoms with Gasteiger partial charge in [0.1, 0.15) is 6.17 Å². The second-order valence-corrected chi connectivity index (χ2v) is 11.4. The molecule has 1 fully saturated rings. The number of carbonyl (C=O) groups is 2. The minimum atomic E-state index is -4.56. The Morgan fingerprint density at radius 3 is 2.76 bits per heavy atom. The largest absolute Gasteiger partial charge is 0.416 e. The van der Waals surface area contributed by atoms with E-state index in [9.17, 15) is 27.2 Å². The molecule has 8 nitrogen and oxygen atoms in total. The number of rotatable bonds is 6. The van der Waals surface area contributed by atoms with E-state index >= 15 is 0 Å². The number of amides is 2. The Hall–Kier alpha value is -3.42. The van der Waals surface area contributed by atoms with Crippen molar-refractivity contribution in [1.29, 1.82) is 0 Å². The van der Waals surface area contributed by atoms with E-state index in [4.69, 9.17) is 17.3 Å². The van der Waals surface area contributed by atoms with E-state index in [1.165, 1.54) is 16.8 Å². The minimum absolute atomic E-state index is 0.00293. The number of benzene rings is 2. The number of fused-ring (bicyclic) bond motifs is 1. The number of amidine groups is 1. The summed E-state index contributed by atoms with van der Waals surface area (Å²) in [4.78, 5) is 31.6. The van der Waals surface area contributed by atoms with E-state index in [0.29, 0.717) is 39.5 Å². The molecule has 41 heavy (non-hydrogen) atoms. The van der Waals surface area contributed by atoms with Gasteiger partial charge in [0.2, 0.25) is 5.91 Å². The summed E-state index contributed by atoms with van der Waals surface area (Å²) in [6.07, 6.45) is -2.16. The highest BCUT2D eigenvalue weighted by Gasteiger charge is 2.36. The normalized spacial score (nSPS) is 21.1. The van der Waals surface area contributed by atoms with Crippen molar-refractivity contribution in [2.45, 2.75) is 31.4 Å². The summed E-state index contributed by atoms with van der Waals surface area (Å²) in [5, 5.41) is 5.33. The maximum atomic E-state index is 14.9. The van der Waals surface area contributed by atoms with Crippen LogP contribution >= 0.6 is 23.4 Å². The number of halogens is 5. The fourth-order valence-electron chi connectivity index (χ4n) is 5.03. The Bertz CT molecular complexity index is 1570. The minimum Gasteiger partial charge on any atom is -0.369 e. The number of hydrogen-bond acceptors (Lipinski definition) is 6. The van der Waals surface area contributed by atoms with Crippen molar-refractivity contribution >= 4 is 57.3 Å². The van der Waals surface area contributed by atoms with Gasteiger partial charge in [-0.25, -0.2) is 4.39 Å². The van der Waals surface area contributed by atoms with Crippen molar-refractivity contribution < 1.29 is 27.2 Å². The van der Waals surface area contributed by atoms with E-state index < -0.39 is 35.8 Å². The number of nitrogens with two attached hydrogens (primary N) is 1. The molecule has 3 aromatic rings. The molecular weight excluding hydrogens is 584 g/mol. The lowest BCUT2D eigenvalue weighted by molar-refractivity contribution is -0.138. The lowest BCUT2D eigenvalue weighted by atomic mass is 10.0. The molecule has 0 spiro atoms. The van der Waals surface area contributed by atoms with Gasteiger partial charge < -0.3 is 10.6 Å². The molecule has 2 N–H and O–H groups in total. The molecule has 5 rings (SSSR count). The van der Waals surface area contributed by atoms with Gasteiger partial charge >= 0.3 is 6.18 Å². The predicted octanol–water partition coefficient (Wildman–Crippen LogP) is 4.56. The van der Waals surface area contributed by atoms with Crippen LogP contribution in [0.25, 0.3) is 17.0 Å². The number of likely N-dealkylation sites (tertiary alicyclic amines) is 1. The summed E-state index contributed by atoms with van der Waals surface area (Å²) >= 11 is 6.93. The van der Waals surface area contributed by atoms with Gasteiger partial charge in [0.05, 0.1) is 41.3 Å². The van der Waals surface area contributed by atoms with Gasteiger partial charge in [0, 0.05) is 30.5 Å². The second-order valence-electron chi connectivity index (χ2n) is 9.91. The molecule has 1 unspecified atom stereocenters. The number of alkyl halides is 4. The van der Waals surface area contributed by atoms with Crippen molar-refractivity contribution in [1.82, 2.24) is 19.6 Å². The van der Waals surface area contributed by atoms with Gasteiger partial charge in [0.15, 0.2) is 5.17 Å². The molecule has 2 aliphatic heterocycles. The fourth-order valence-corrected chi connectivity index (χ4v) is 6.14. The molecule has 1 aromatic heterocycles. The first-order valence-corrected chi connectivity index (χ1v) is 13.8. The van der Waals surface area contributed by atoms with Crippen LogP contribution in [-0.4, -0.2) is 75.5 Å². The van der Waals surface area contributed by atoms with Crippen molar-refractivity contribution in [3.8, 4) is 0 Å². The van der Waals surface area contributed by atoms with Gasteiger partial charge in [-0.05, 0) is 59.7 Å². The van der Waals surface area contributed by atoms with Crippen LogP contribution in [0.5, 0.6) is 0 Å². The molecule has 1 saturated heterocycles. The number of nitrogens with zero attached hydrogens (tertiary/aromatic N) is 5. The Kier molecular flexibility index (Phi) is 8.13. The summed E-state index contributed by atoms with van der Waals surface area (Å²) in [5.74, 6) is -0.959. The second kappa shape index (κ2) is 11.5. The first-order chi connectivity index (χ1) is 19.4. The summed E-state index contributed by atoms with van der Waals surface area (Å²) in [6.45, 7) is 0.452. The lowest BCUT2D eigenvalue weighted by Crippen LogP contribution is -2.53. The summed E-state index contributed by atoms with van der Waals surface area (Å²) < 4.78 is 57.0. The maximum Gasteiger partial charge on any atom is 0.416 e. The molecule has 0 aliphatic carbocycles. The van der Waals surface area contributed by atoms with Crippen LogP contribution in [0.4, 0.5) is 17.6 Å². The van der Waals surface area contributed by atoms with E-state index in [1.807, 2.05) is 0 Å². The van der Waals surface area contributed by atoms with Gasteiger partial charge in [-0.2, -0.15) is 23.3 Å². The molecule has 3 heterocycles. The van der Waals surface area contributed by atoms with Crippen molar-refractivity contribution in [3.63, 3.8) is 0 Å². The van der Waals surface area contributed by atoms with Crippen LogP contribution in [0, 0.1) is 0 Å². The van der Waals surface area contributed by atoms with Gasteiger partial charge in [0.25, 0.3) is 5.91 Å². The van der Waals surface area contributed by atoms with Crippen molar-refractivity contribution in [2.75, 3.05) is 26.7 Å². The zero-order chi connectivity index (χ0) is 29.5. The zero-order valence-corrected chi connectivity index (χ0v) is 23.3. The Morgan fingerprint density at radius 2 is 2.05 bits per heavy atom. The highest BCUT2D eigenvalue weighted by molar-refractivity contribution is 8.18. The molecule has 0 bridgehead atoms. The Labute approximate surface area is 241 Å². The quantitative estimate of drug-likeness (QED) is 0.326. The molecule has 2 amide bonds. The van der Waals surface area contributed by atoms with E-state index in [0.717, 1.165) is 17.8 Å². The zero-order valence-electron chi connectivity index (χ0n) is 21.7. The van der Waals surface area contributed by atoms with Crippen LogP contribution in [0.1, 0.15) is 23.1 Å². The topological polar surface area (TPSA) is 96.8 Å². The molecule has 216 valence electrons. The smallest absolute Gasteiger partial charge is 0.369 e. The summed E-state index contributed by atoms with van der Waals surface area (Å²) in [6, 6.07) is 8.39.